The predicted molar refractivity (Wildman–Crippen MR) is 66.1 cm³/mol. The van der Waals surface area contributed by atoms with Gasteiger partial charge in [-0.3, -0.25) is 10.1 Å². The molecule has 0 aliphatic rings. The van der Waals surface area contributed by atoms with Gasteiger partial charge in [-0.1, -0.05) is 6.07 Å². The molecule has 0 radical (unpaired) electrons. The van der Waals surface area contributed by atoms with Gasteiger partial charge in [-0.2, -0.15) is 9.37 Å². The van der Waals surface area contributed by atoms with Crippen molar-refractivity contribution in [1.82, 2.24) is 14.6 Å². The van der Waals surface area contributed by atoms with E-state index in [0.717, 1.165) is 12.1 Å². The highest BCUT2D eigenvalue weighted by Crippen LogP contribution is 2.25. The maximum atomic E-state index is 13.4. The molecule has 0 unspecified atom stereocenters. The zero-order valence-electron chi connectivity index (χ0n) is 9.93. The molecule has 1 aromatic carbocycles. The van der Waals surface area contributed by atoms with Crippen molar-refractivity contribution in [3.63, 3.8) is 0 Å². The summed E-state index contributed by atoms with van der Waals surface area (Å²) in [6.45, 7) is 0. The first-order valence-electron chi connectivity index (χ1n) is 5.57. The first-order chi connectivity index (χ1) is 9.63. The van der Waals surface area contributed by atoms with Gasteiger partial charge in [0.1, 0.15) is 5.75 Å². The second kappa shape index (κ2) is 4.57. The average molecular weight is 274 g/mol. The Labute approximate surface area is 111 Å². The summed E-state index contributed by atoms with van der Waals surface area (Å²) < 4.78 is 20.2. The van der Waals surface area contributed by atoms with E-state index in [1.54, 1.807) is 24.4 Å². The van der Waals surface area contributed by atoms with E-state index >= 15 is 0 Å². The van der Waals surface area contributed by atoms with Gasteiger partial charge >= 0.3 is 11.7 Å². The van der Waals surface area contributed by atoms with Crippen molar-refractivity contribution in [2.75, 3.05) is 0 Å². The van der Waals surface area contributed by atoms with Crippen LogP contribution in [0.4, 0.5) is 10.1 Å². The van der Waals surface area contributed by atoms with E-state index in [1.165, 1.54) is 10.6 Å². The summed E-state index contributed by atoms with van der Waals surface area (Å²) in [5.41, 5.74) is -0.0369. The van der Waals surface area contributed by atoms with Crippen molar-refractivity contribution >= 4 is 11.3 Å². The number of hydrogen-bond acceptors (Lipinski definition) is 5. The maximum absolute atomic E-state index is 13.4. The molecule has 0 spiro atoms. The minimum absolute atomic E-state index is 0.0319. The Balaban J connectivity index is 1.90. The molecule has 0 aliphatic carbocycles. The molecule has 2 heterocycles. The molecule has 3 aromatic rings. The number of nitro groups is 1. The van der Waals surface area contributed by atoms with Crippen molar-refractivity contribution in [1.29, 1.82) is 0 Å². The normalized spacial score (nSPS) is 10.7. The van der Waals surface area contributed by atoms with Crippen LogP contribution in [0.15, 0.2) is 42.6 Å². The largest absolute Gasteiger partial charge is 0.423 e. The zero-order chi connectivity index (χ0) is 14.1. The smallest absolute Gasteiger partial charge is 0.341 e. The number of ether oxygens (including phenoxy) is 1. The van der Waals surface area contributed by atoms with E-state index in [4.69, 9.17) is 4.74 Å². The second-order valence-electron chi connectivity index (χ2n) is 3.87. The Hall–Kier alpha value is -3.03. The van der Waals surface area contributed by atoms with Crippen molar-refractivity contribution in [2.45, 2.75) is 0 Å². The zero-order valence-corrected chi connectivity index (χ0v) is 9.93. The van der Waals surface area contributed by atoms with Crippen LogP contribution in [-0.2, 0) is 0 Å². The number of nitrogens with zero attached hydrogens (tertiary/aromatic N) is 4. The summed E-state index contributed by atoms with van der Waals surface area (Å²) >= 11 is 0. The van der Waals surface area contributed by atoms with Crippen LogP contribution >= 0.6 is 0 Å². The number of benzene rings is 1. The molecule has 0 atom stereocenters. The Morgan fingerprint density at radius 3 is 2.85 bits per heavy atom. The van der Waals surface area contributed by atoms with Crippen LogP contribution in [0, 0.1) is 15.9 Å². The van der Waals surface area contributed by atoms with Gasteiger partial charge in [0.15, 0.2) is 5.65 Å². The molecule has 2 aromatic heterocycles. The summed E-state index contributed by atoms with van der Waals surface area (Å²) in [7, 11) is 0. The Kier molecular flexibility index (Phi) is 2.75. The number of rotatable bonds is 3. The molecular formula is C12H7FN4O3. The molecule has 0 aliphatic heterocycles. The van der Waals surface area contributed by atoms with Gasteiger partial charge in [-0.15, -0.1) is 5.10 Å². The van der Waals surface area contributed by atoms with Gasteiger partial charge in [0.2, 0.25) is 5.82 Å². The molecule has 3 rings (SSSR count). The molecular weight excluding hydrogens is 267 g/mol. The third-order valence-electron chi connectivity index (χ3n) is 2.55. The van der Waals surface area contributed by atoms with Crippen molar-refractivity contribution in [3.8, 4) is 11.8 Å². The SMILES string of the molecule is O=[N+]([O-])c1ccc(Oc2nc3ccccn3n2)cc1F. The summed E-state index contributed by atoms with van der Waals surface area (Å²) in [6.07, 6.45) is 1.69. The highest BCUT2D eigenvalue weighted by atomic mass is 19.1. The minimum atomic E-state index is -0.976. The lowest BCUT2D eigenvalue weighted by Gasteiger charge is -2.00. The molecule has 8 heteroatoms. The van der Waals surface area contributed by atoms with Gasteiger partial charge in [0.05, 0.1) is 4.92 Å². The lowest BCUT2D eigenvalue weighted by Crippen LogP contribution is -1.94. The summed E-state index contributed by atoms with van der Waals surface area (Å²) in [5.74, 6) is -0.889. The van der Waals surface area contributed by atoms with Gasteiger partial charge in [0, 0.05) is 18.3 Å². The summed E-state index contributed by atoms with van der Waals surface area (Å²) in [4.78, 5) is 13.8. The third kappa shape index (κ3) is 2.14. The molecule has 0 N–H and O–H groups in total. The molecule has 100 valence electrons. The number of hydrogen-bond donors (Lipinski definition) is 0. The van der Waals surface area contributed by atoms with Crippen LogP contribution in [0.1, 0.15) is 0 Å². The topological polar surface area (TPSA) is 82.6 Å². The summed E-state index contributed by atoms with van der Waals surface area (Å²) in [5, 5.41) is 14.5. The number of pyridine rings is 1. The van der Waals surface area contributed by atoms with Crippen LogP contribution in [0.3, 0.4) is 0 Å². The van der Waals surface area contributed by atoms with E-state index in [9.17, 15) is 14.5 Å². The lowest BCUT2D eigenvalue weighted by molar-refractivity contribution is -0.387. The monoisotopic (exact) mass is 274 g/mol. The number of aromatic nitrogens is 3. The van der Waals surface area contributed by atoms with Crippen molar-refractivity contribution in [3.05, 3.63) is 58.5 Å². The van der Waals surface area contributed by atoms with E-state index in [1.807, 2.05) is 0 Å². The Morgan fingerprint density at radius 2 is 2.15 bits per heavy atom. The van der Waals surface area contributed by atoms with Crippen molar-refractivity contribution < 1.29 is 14.1 Å². The highest BCUT2D eigenvalue weighted by molar-refractivity contribution is 5.41. The first-order valence-corrected chi connectivity index (χ1v) is 5.57. The average Bonchev–Trinajstić information content (AvgIpc) is 2.80. The number of nitro benzene ring substituents is 1. The standard InChI is InChI=1S/C12H7FN4O3/c13-9-7-8(4-5-10(9)17(18)19)20-12-14-11-3-1-2-6-16(11)15-12/h1-7H. The van der Waals surface area contributed by atoms with Gasteiger partial charge in [-0.05, 0) is 18.2 Å². The molecule has 0 amide bonds. The van der Waals surface area contributed by atoms with Crippen LogP contribution in [0.5, 0.6) is 11.8 Å². The van der Waals surface area contributed by atoms with E-state index < -0.39 is 16.4 Å². The minimum Gasteiger partial charge on any atom is -0.423 e. The fourth-order valence-electron chi connectivity index (χ4n) is 1.66. The van der Waals surface area contributed by atoms with E-state index in [0.29, 0.717) is 5.65 Å². The van der Waals surface area contributed by atoms with Crippen LogP contribution in [0.2, 0.25) is 0 Å². The van der Waals surface area contributed by atoms with E-state index in [-0.39, 0.29) is 11.8 Å². The Morgan fingerprint density at radius 1 is 1.30 bits per heavy atom. The predicted octanol–water partition coefficient (Wildman–Crippen LogP) is 2.57. The van der Waals surface area contributed by atoms with Gasteiger partial charge in [0.25, 0.3) is 0 Å². The molecule has 0 bridgehead atoms. The fourth-order valence-corrected chi connectivity index (χ4v) is 1.66. The van der Waals surface area contributed by atoms with Crippen LogP contribution in [-0.4, -0.2) is 19.5 Å². The van der Waals surface area contributed by atoms with Crippen LogP contribution in [0.25, 0.3) is 5.65 Å². The third-order valence-corrected chi connectivity index (χ3v) is 2.55. The quantitative estimate of drug-likeness (QED) is 0.541. The fraction of sp³-hybridized carbons (Fsp3) is 0. The Bertz CT molecular complexity index is 769. The number of fused-ring (bicyclic) bond motifs is 1. The molecule has 0 saturated heterocycles. The van der Waals surface area contributed by atoms with Crippen LogP contribution < -0.4 is 4.74 Å². The van der Waals surface area contributed by atoms with Gasteiger partial charge in [-0.25, -0.2) is 4.52 Å². The first kappa shape index (κ1) is 12.0. The van der Waals surface area contributed by atoms with Crippen molar-refractivity contribution in [2.24, 2.45) is 0 Å². The molecule has 7 nitrogen and oxygen atoms in total. The lowest BCUT2D eigenvalue weighted by atomic mass is 10.3. The molecule has 0 fully saturated rings. The van der Waals surface area contributed by atoms with Gasteiger partial charge < -0.3 is 4.74 Å². The number of halogens is 1. The highest BCUT2D eigenvalue weighted by Gasteiger charge is 2.15. The molecule has 0 saturated carbocycles. The molecule has 20 heavy (non-hydrogen) atoms. The maximum Gasteiger partial charge on any atom is 0.341 e. The summed E-state index contributed by atoms with van der Waals surface area (Å²) in [6, 6.07) is 8.56. The second-order valence-corrected chi connectivity index (χ2v) is 3.87. The van der Waals surface area contributed by atoms with E-state index in [2.05, 4.69) is 10.1 Å².